The number of anilines is 2. The van der Waals surface area contributed by atoms with Crippen LogP contribution in [0.25, 0.3) is 10.2 Å². The Balaban J connectivity index is 1.70. The van der Waals surface area contributed by atoms with Gasteiger partial charge in [-0.3, -0.25) is 14.9 Å². The number of carbonyl (C=O) groups is 2. The average molecular weight is 341 g/mol. The first-order valence-corrected chi connectivity index (χ1v) is 8.18. The summed E-state index contributed by atoms with van der Waals surface area (Å²) >= 11 is 1.31. The Bertz CT molecular complexity index is 858. The number of amides is 2. The number of aromatic nitrogens is 1. The minimum absolute atomic E-state index is 0.384. The summed E-state index contributed by atoms with van der Waals surface area (Å²) in [6.07, 6.45) is 0. The van der Waals surface area contributed by atoms with Gasteiger partial charge in [-0.15, -0.1) is 0 Å². The summed E-state index contributed by atoms with van der Waals surface area (Å²) in [7, 11) is 0. The first-order chi connectivity index (χ1) is 11.7. The zero-order valence-electron chi connectivity index (χ0n) is 12.9. The minimum atomic E-state index is -0.777. The highest BCUT2D eigenvalue weighted by Crippen LogP contribution is 2.26. The third-order valence-electron chi connectivity index (χ3n) is 3.16. The lowest BCUT2D eigenvalue weighted by atomic mass is 10.3. The molecule has 0 radical (unpaired) electrons. The van der Waals surface area contributed by atoms with Gasteiger partial charge in [0.05, 0.1) is 22.5 Å². The number of nitrogens with zero attached hydrogens (tertiary/aromatic N) is 1. The molecule has 0 aliphatic heterocycles. The Hall–Kier alpha value is -2.93. The van der Waals surface area contributed by atoms with E-state index in [1.54, 1.807) is 24.3 Å². The van der Waals surface area contributed by atoms with E-state index in [2.05, 4.69) is 15.6 Å². The van der Waals surface area contributed by atoms with Crippen molar-refractivity contribution < 1.29 is 14.3 Å². The predicted octanol–water partition coefficient (Wildman–Crippen LogP) is 3.27. The molecule has 0 fully saturated rings. The maximum Gasteiger partial charge on any atom is 0.315 e. The molecule has 0 aliphatic carbocycles. The number of nitrogens with one attached hydrogen (secondary N) is 2. The van der Waals surface area contributed by atoms with Crippen molar-refractivity contribution >= 4 is 44.2 Å². The van der Waals surface area contributed by atoms with Gasteiger partial charge < -0.3 is 10.1 Å². The van der Waals surface area contributed by atoms with Gasteiger partial charge in [0.25, 0.3) is 0 Å². The van der Waals surface area contributed by atoms with Gasteiger partial charge in [0.2, 0.25) is 0 Å². The van der Waals surface area contributed by atoms with Crippen molar-refractivity contribution in [2.24, 2.45) is 0 Å². The zero-order valence-corrected chi connectivity index (χ0v) is 13.7. The summed E-state index contributed by atoms with van der Waals surface area (Å²) in [4.78, 5) is 28.4. The highest BCUT2D eigenvalue weighted by Gasteiger charge is 2.17. The van der Waals surface area contributed by atoms with Crippen molar-refractivity contribution in [3.05, 3.63) is 48.5 Å². The first-order valence-electron chi connectivity index (χ1n) is 7.37. The van der Waals surface area contributed by atoms with Crippen LogP contribution in [0.3, 0.4) is 0 Å². The van der Waals surface area contributed by atoms with Crippen LogP contribution in [0.4, 0.5) is 10.8 Å². The smallest absolute Gasteiger partial charge is 0.315 e. The second kappa shape index (κ2) is 7.10. The number of hydrogen-bond acceptors (Lipinski definition) is 5. The van der Waals surface area contributed by atoms with Crippen molar-refractivity contribution in [3.8, 4) is 5.75 Å². The monoisotopic (exact) mass is 341 g/mol. The van der Waals surface area contributed by atoms with E-state index in [1.807, 2.05) is 31.2 Å². The van der Waals surface area contributed by atoms with Gasteiger partial charge in [-0.2, -0.15) is 0 Å². The number of carbonyl (C=O) groups excluding carboxylic acids is 2. The highest BCUT2D eigenvalue weighted by molar-refractivity contribution is 7.22. The third kappa shape index (κ3) is 3.52. The average Bonchev–Trinajstić information content (AvgIpc) is 2.99. The van der Waals surface area contributed by atoms with Crippen LogP contribution >= 0.6 is 11.3 Å². The molecule has 0 spiro atoms. The van der Waals surface area contributed by atoms with Crippen LogP contribution in [0, 0.1) is 0 Å². The number of fused-ring (bicyclic) bond motifs is 1. The van der Waals surface area contributed by atoms with E-state index in [0.717, 1.165) is 10.2 Å². The molecule has 0 unspecified atom stereocenters. The van der Waals surface area contributed by atoms with Crippen LogP contribution in [0.1, 0.15) is 6.92 Å². The van der Waals surface area contributed by atoms with Crippen LogP contribution in [-0.4, -0.2) is 23.4 Å². The van der Waals surface area contributed by atoms with Gasteiger partial charge in [0.1, 0.15) is 5.75 Å². The van der Waals surface area contributed by atoms with Gasteiger partial charge in [-0.25, -0.2) is 4.98 Å². The molecular formula is C17H15N3O3S. The SMILES string of the molecule is CCOc1ccccc1NC(=O)C(=O)Nc1nc2ccccc2s1. The Morgan fingerprint density at radius 3 is 2.54 bits per heavy atom. The van der Waals surface area contributed by atoms with Crippen LogP contribution in [-0.2, 0) is 9.59 Å². The van der Waals surface area contributed by atoms with E-state index in [0.29, 0.717) is 23.2 Å². The molecule has 2 amide bonds. The number of ether oxygens (including phenoxy) is 1. The topological polar surface area (TPSA) is 80.3 Å². The molecular weight excluding hydrogens is 326 g/mol. The number of hydrogen-bond donors (Lipinski definition) is 2. The first kappa shape index (κ1) is 15.9. The molecule has 1 heterocycles. The van der Waals surface area contributed by atoms with Gasteiger partial charge in [-0.05, 0) is 31.2 Å². The zero-order chi connectivity index (χ0) is 16.9. The van der Waals surface area contributed by atoms with Crippen LogP contribution in [0.2, 0.25) is 0 Å². The summed E-state index contributed by atoms with van der Waals surface area (Å²) in [6.45, 7) is 2.31. The molecule has 0 saturated heterocycles. The van der Waals surface area contributed by atoms with Crippen molar-refractivity contribution in [1.29, 1.82) is 0 Å². The molecule has 0 aliphatic rings. The predicted molar refractivity (Wildman–Crippen MR) is 94.5 cm³/mol. The van der Waals surface area contributed by atoms with E-state index >= 15 is 0 Å². The molecule has 0 atom stereocenters. The molecule has 2 aromatic carbocycles. The molecule has 0 saturated carbocycles. The van der Waals surface area contributed by atoms with Gasteiger partial charge in [0.15, 0.2) is 5.13 Å². The fourth-order valence-corrected chi connectivity index (χ4v) is 2.97. The van der Waals surface area contributed by atoms with E-state index in [1.165, 1.54) is 11.3 Å². The highest BCUT2D eigenvalue weighted by atomic mass is 32.1. The van der Waals surface area contributed by atoms with Crippen molar-refractivity contribution in [2.45, 2.75) is 6.92 Å². The Kier molecular flexibility index (Phi) is 4.72. The Labute approximate surface area is 142 Å². The van der Waals surface area contributed by atoms with Crippen molar-refractivity contribution in [2.75, 3.05) is 17.2 Å². The number of benzene rings is 2. The molecule has 3 rings (SSSR count). The molecule has 122 valence electrons. The molecule has 1 aromatic heterocycles. The maximum absolute atomic E-state index is 12.1. The van der Waals surface area contributed by atoms with Crippen LogP contribution in [0.15, 0.2) is 48.5 Å². The van der Waals surface area contributed by atoms with Gasteiger partial charge >= 0.3 is 11.8 Å². The van der Waals surface area contributed by atoms with Crippen molar-refractivity contribution in [1.82, 2.24) is 4.98 Å². The molecule has 24 heavy (non-hydrogen) atoms. The standard InChI is InChI=1S/C17H15N3O3S/c1-2-23-13-9-5-3-7-11(13)18-15(21)16(22)20-17-19-12-8-4-6-10-14(12)24-17/h3-10H,2H2,1H3,(H,18,21)(H,19,20,22). The Morgan fingerprint density at radius 1 is 1.04 bits per heavy atom. The van der Waals surface area contributed by atoms with Crippen LogP contribution in [0.5, 0.6) is 5.75 Å². The van der Waals surface area contributed by atoms with E-state index in [-0.39, 0.29) is 0 Å². The maximum atomic E-state index is 12.1. The second-order valence-electron chi connectivity index (χ2n) is 4.82. The Morgan fingerprint density at radius 2 is 1.75 bits per heavy atom. The summed E-state index contributed by atoms with van der Waals surface area (Å²) in [5, 5.41) is 5.45. The summed E-state index contributed by atoms with van der Waals surface area (Å²) in [5.41, 5.74) is 1.23. The molecule has 7 heteroatoms. The number of para-hydroxylation sites is 3. The molecule has 0 bridgehead atoms. The number of thiazole rings is 1. The molecule has 2 N–H and O–H groups in total. The summed E-state index contributed by atoms with van der Waals surface area (Å²) in [5.74, 6) is -1.04. The van der Waals surface area contributed by atoms with Crippen molar-refractivity contribution in [3.63, 3.8) is 0 Å². The lowest BCUT2D eigenvalue weighted by molar-refractivity contribution is -0.133. The lowest BCUT2D eigenvalue weighted by Gasteiger charge is -2.10. The van der Waals surface area contributed by atoms with E-state index in [9.17, 15) is 9.59 Å². The van der Waals surface area contributed by atoms with E-state index < -0.39 is 11.8 Å². The number of rotatable bonds is 4. The van der Waals surface area contributed by atoms with Gasteiger partial charge in [-0.1, -0.05) is 35.6 Å². The fraction of sp³-hybridized carbons (Fsp3) is 0.118. The largest absolute Gasteiger partial charge is 0.492 e. The third-order valence-corrected chi connectivity index (χ3v) is 4.11. The summed E-state index contributed by atoms with van der Waals surface area (Å²) < 4.78 is 6.36. The molecule has 3 aromatic rings. The lowest BCUT2D eigenvalue weighted by Crippen LogP contribution is -2.29. The van der Waals surface area contributed by atoms with Crippen LogP contribution < -0.4 is 15.4 Å². The fourth-order valence-electron chi connectivity index (χ4n) is 2.11. The summed E-state index contributed by atoms with van der Waals surface area (Å²) in [6, 6.07) is 14.5. The minimum Gasteiger partial charge on any atom is -0.492 e. The molecule has 6 nitrogen and oxygen atoms in total. The second-order valence-corrected chi connectivity index (χ2v) is 5.85. The van der Waals surface area contributed by atoms with E-state index in [4.69, 9.17) is 4.74 Å². The van der Waals surface area contributed by atoms with Gasteiger partial charge in [0, 0.05) is 0 Å². The quantitative estimate of drug-likeness (QED) is 0.714. The normalized spacial score (nSPS) is 10.4.